The van der Waals surface area contributed by atoms with E-state index in [2.05, 4.69) is 0 Å². The second-order valence-electron chi connectivity index (χ2n) is 3.81. The van der Waals surface area contributed by atoms with E-state index >= 15 is 0 Å². The Morgan fingerprint density at radius 1 is 0.909 bits per heavy atom. The maximum atomic E-state index is 10.3. The molecule has 0 aliphatic rings. The minimum absolute atomic E-state index is 0.322. The number of carbonyl (C=O) groups is 4. The molecule has 0 heterocycles. The number of carboxylic acid groups (broad SMARTS) is 3. The highest BCUT2D eigenvalue weighted by Gasteiger charge is 2.40. The van der Waals surface area contributed by atoms with E-state index in [1.165, 1.54) is 0 Å². The number of aliphatic hydroxyl groups is 1. The average molecular weight is 316 g/mol. The molecule has 0 atom stereocenters. The largest absolute Gasteiger partial charge is 0.508 e. The maximum Gasteiger partial charge on any atom is 0.336 e. The van der Waals surface area contributed by atoms with Crippen LogP contribution < -0.4 is 0 Å². The van der Waals surface area contributed by atoms with E-state index in [0.717, 1.165) is 0 Å². The summed E-state index contributed by atoms with van der Waals surface area (Å²) in [7, 11) is 0. The summed E-state index contributed by atoms with van der Waals surface area (Å²) in [6.07, 6.45) is -2.29. The minimum Gasteiger partial charge on any atom is -0.508 e. The zero-order valence-corrected chi connectivity index (χ0v) is 11.4. The van der Waals surface area contributed by atoms with Gasteiger partial charge < -0.3 is 30.3 Å². The Balaban J connectivity index is 0. The average Bonchev–Trinajstić information content (AvgIpc) is 2.40. The van der Waals surface area contributed by atoms with Crippen LogP contribution in [0, 0.1) is 0 Å². The molecule has 9 nitrogen and oxygen atoms in total. The van der Waals surface area contributed by atoms with Crippen LogP contribution in [0.1, 0.15) is 12.8 Å². The van der Waals surface area contributed by atoms with Gasteiger partial charge in [-0.1, -0.05) is 18.2 Å². The van der Waals surface area contributed by atoms with Crippen LogP contribution in [-0.2, 0) is 19.2 Å². The molecule has 22 heavy (non-hydrogen) atoms. The summed E-state index contributed by atoms with van der Waals surface area (Å²) >= 11 is 0. The molecule has 0 saturated carbocycles. The van der Waals surface area contributed by atoms with E-state index in [-0.39, 0.29) is 0 Å². The normalized spacial score (nSPS) is 9.32. The molecule has 1 aromatic carbocycles. The van der Waals surface area contributed by atoms with Crippen LogP contribution in [0.4, 0.5) is 0 Å². The Kier molecular flexibility index (Phi) is 10.5. The number of benzene rings is 1. The summed E-state index contributed by atoms with van der Waals surface area (Å²) in [5.41, 5.74) is -2.74. The van der Waals surface area contributed by atoms with E-state index < -0.39 is 36.4 Å². The number of phenols is 1. The molecule has 1 rings (SSSR count). The molecular weight excluding hydrogens is 300 g/mol. The third-order valence-electron chi connectivity index (χ3n) is 2.04. The van der Waals surface area contributed by atoms with Crippen LogP contribution in [-0.4, -0.2) is 55.8 Å². The first-order valence-corrected chi connectivity index (χ1v) is 5.59. The number of para-hydroxylation sites is 1. The first kappa shape index (κ1) is 21.4. The van der Waals surface area contributed by atoms with Crippen molar-refractivity contribution in [3.8, 4) is 5.75 Å². The predicted octanol–water partition coefficient (Wildman–Crippen LogP) is -0.0412. The number of carbonyl (C=O) groups excluding carboxylic acids is 1. The fraction of sp³-hybridized carbons (Fsp3) is 0.231. The van der Waals surface area contributed by atoms with Gasteiger partial charge in [-0.05, 0) is 12.1 Å². The maximum absolute atomic E-state index is 10.3. The quantitative estimate of drug-likeness (QED) is 0.500. The number of phenolic OH excluding ortho intramolecular Hbond substituents is 1. The van der Waals surface area contributed by atoms with Gasteiger partial charge in [0.05, 0.1) is 12.8 Å². The molecule has 0 aliphatic heterocycles. The first-order valence-electron chi connectivity index (χ1n) is 5.59. The lowest BCUT2D eigenvalue weighted by Crippen LogP contribution is -2.42. The van der Waals surface area contributed by atoms with E-state index in [0.29, 0.717) is 5.75 Å². The van der Waals surface area contributed by atoms with Gasteiger partial charge in [-0.25, -0.2) is 4.79 Å². The number of hydrogen-bond donors (Lipinski definition) is 5. The highest BCUT2D eigenvalue weighted by Crippen LogP contribution is 2.15. The van der Waals surface area contributed by atoms with Crippen LogP contribution in [0.3, 0.4) is 0 Å². The highest BCUT2D eigenvalue weighted by molar-refractivity contribution is 5.88. The zero-order chi connectivity index (χ0) is 17.8. The summed E-state index contributed by atoms with van der Waals surface area (Å²) < 4.78 is 0. The molecule has 5 N–H and O–H groups in total. The number of hydrogen-bond acceptors (Lipinski definition) is 6. The van der Waals surface area contributed by atoms with Crippen molar-refractivity contribution in [3.63, 3.8) is 0 Å². The molecular formula is C13H16O9. The third-order valence-corrected chi connectivity index (χ3v) is 2.04. The van der Waals surface area contributed by atoms with Crippen molar-refractivity contribution in [1.82, 2.24) is 0 Å². The molecule has 122 valence electrons. The van der Waals surface area contributed by atoms with E-state index in [1.807, 2.05) is 12.9 Å². The number of aliphatic carboxylic acids is 3. The fourth-order valence-corrected chi connectivity index (χ4v) is 1.14. The monoisotopic (exact) mass is 316 g/mol. The van der Waals surface area contributed by atoms with Gasteiger partial charge in [0.1, 0.15) is 12.5 Å². The van der Waals surface area contributed by atoms with E-state index in [4.69, 9.17) is 30.3 Å². The molecule has 0 saturated heterocycles. The van der Waals surface area contributed by atoms with Gasteiger partial charge in [-0.2, -0.15) is 0 Å². The van der Waals surface area contributed by atoms with Crippen molar-refractivity contribution in [1.29, 1.82) is 0 Å². The summed E-state index contributed by atoms with van der Waals surface area (Å²) in [6.45, 7) is 2.00. The van der Waals surface area contributed by atoms with Gasteiger partial charge in [0.15, 0.2) is 5.60 Å². The van der Waals surface area contributed by atoms with Gasteiger partial charge in [0, 0.05) is 0 Å². The van der Waals surface area contributed by atoms with Crippen LogP contribution in [0.5, 0.6) is 5.75 Å². The fourth-order valence-electron chi connectivity index (χ4n) is 1.14. The smallest absolute Gasteiger partial charge is 0.336 e. The molecule has 0 amide bonds. The lowest BCUT2D eigenvalue weighted by Gasteiger charge is -2.18. The Bertz CT molecular complexity index is 468. The lowest BCUT2D eigenvalue weighted by molar-refractivity contribution is -0.170. The van der Waals surface area contributed by atoms with Crippen molar-refractivity contribution in [2.75, 3.05) is 0 Å². The second kappa shape index (κ2) is 10.8. The van der Waals surface area contributed by atoms with Crippen LogP contribution in [0.15, 0.2) is 30.3 Å². The summed E-state index contributed by atoms with van der Waals surface area (Å²) in [5.74, 6) is -4.70. The van der Waals surface area contributed by atoms with Crippen LogP contribution >= 0.6 is 0 Å². The molecule has 0 unspecified atom stereocenters. The van der Waals surface area contributed by atoms with Crippen molar-refractivity contribution in [2.24, 2.45) is 0 Å². The van der Waals surface area contributed by atoms with Gasteiger partial charge >= 0.3 is 17.9 Å². The van der Waals surface area contributed by atoms with Gasteiger partial charge in [0.2, 0.25) is 0 Å². The summed E-state index contributed by atoms with van der Waals surface area (Å²) in [5, 5.41) is 42.4. The molecule has 9 heteroatoms. The molecule has 0 aliphatic carbocycles. The Hall–Kier alpha value is -2.94. The third kappa shape index (κ3) is 9.92. The zero-order valence-electron chi connectivity index (χ0n) is 11.4. The topological polar surface area (TPSA) is 169 Å². The molecule has 0 bridgehead atoms. The Labute approximate surface area is 125 Å². The number of aromatic hydroxyl groups is 1. The van der Waals surface area contributed by atoms with Crippen molar-refractivity contribution in [3.05, 3.63) is 30.3 Å². The first-order chi connectivity index (χ1) is 10.2. The molecule has 0 radical (unpaired) electrons. The van der Waals surface area contributed by atoms with Crippen molar-refractivity contribution in [2.45, 2.75) is 18.4 Å². The highest BCUT2D eigenvalue weighted by atomic mass is 16.4. The van der Waals surface area contributed by atoms with Crippen LogP contribution in [0.25, 0.3) is 0 Å². The van der Waals surface area contributed by atoms with Gasteiger partial charge in [-0.3, -0.25) is 9.59 Å². The molecule has 0 spiro atoms. The number of rotatable bonds is 5. The second-order valence-corrected chi connectivity index (χ2v) is 3.81. The Morgan fingerprint density at radius 2 is 1.27 bits per heavy atom. The minimum atomic E-state index is -2.74. The molecule has 0 aromatic heterocycles. The van der Waals surface area contributed by atoms with Gasteiger partial charge in [0.25, 0.3) is 0 Å². The standard InChI is InChI=1S/C6H8O7.C6H6O.CH2O/c7-3(8)1-6(13,5(11)12)2-4(9)10;7-6-4-2-1-3-5-6;1-2/h13H,1-2H2,(H,7,8)(H,9,10)(H,11,12);1-5,7H;1H2. The predicted molar refractivity (Wildman–Crippen MR) is 72.3 cm³/mol. The molecule has 1 aromatic rings. The summed E-state index contributed by atoms with van der Waals surface area (Å²) in [4.78, 5) is 38.5. The van der Waals surface area contributed by atoms with E-state index in [9.17, 15) is 14.4 Å². The van der Waals surface area contributed by atoms with Crippen molar-refractivity contribution >= 4 is 24.7 Å². The summed E-state index contributed by atoms with van der Waals surface area (Å²) in [6, 6.07) is 8.71. The number of carboxylic acids is 3. The van der Waals surface area contributed by atoms with Crippen molar-refractivity contribution < 1.29 is 44.7 Å². The Morgan fingerprint density at radius 3 is 1.45 bits per heavy atom. The molecule has 0 fully saturated rings. The van der Waals surface area contributed by atoms with E-state index in [1.54, 1.807) is 24.3 Å². The SMILES string of the molecule is C=O.O=C(O)CC(O)(CC(=O)O)C(=O)O.Oc1ccccc1. The van der Waals surface area contributed by atoms with Gasteiger partial charge in [-0.15, -0.1) is 0 Å². The lowest BCUT2D eigenvalue weighted by atomic mass is 9.96. The van der Waals surface area contributed by atoms with Crippen LogP contribution in [0.2, 0.25) is 0 Å².